The number of amides is 4. The van der Waals surface area contributed by atoms with Crippen LogP contribution in [0, 0.1) is 16.2 Å². The molecule has 2 unspecified atom stereocenters. The number of urea groups is 1. The predicted octanol–water partition coefficient (Wildman–Crippen LogP) is 5.34. The Morgan fingerprint density at radius 1 is 1.03 bits per heavy atom. The monoisotopic (exact) mass is 506 g/mol. The van der Waals surface area contributed by atoms with Crippen LogP contribution in [0.15, 0.2) is 0 Å². The molecule has 0 bridgehead atoms. The first-order chi connectivity index (χ1) is 16.7. The number of unbranched alkanes of at least 4 members (excludes halogenated alkanes) is 2. The first kappa shape index (κ1) is 30.4. The van der Waals surface area contributed by atoms with Gasteiger partial charge in [-0.25, -0.2) is 4.79 Å². The maximum absolute atomic E-state index is 13.6. The molecule has 4 amide bonds. The van der Waals surface area contributed by atoms with Crippen molar-refractivity contribution in [2.24, 2.45) is 16.2 Å². The normalized spacial score (nSPS) is 21.4. The lowest BCUT2D eigenvalue weighted by molar-refractivity contribution is -0.138. The van der Waals surface area contributed by atoms with Crippen molar-refractivity contribution in [2.45, 2.75) is 125 Å². The van der Waals surface area contributed by atoms with Gasteiger partial charge < -0.3 is 20.4 Å². The Bertz CT molecular complexity index is 752. The molecule has 7 nitrogen and oxygen atoms in total. The lowest BCUT2D eigenvalue weighted by Crippen LogP contribution is -2.61. The fourth-order valence-electron chi connectivity index (χ4n) is 5.56. The molecular formula is C29H54N4O3. The van der Waals surface area contributed by atoms with Crippen LogP contribution in [0.4, 0.5) is 4.79 Å². The van der Waals surface area contributed by atoms with Gasteiger partial charge in [0.05, 0.1) is 6.04 Å². The molecule has 1 heterocycles. The molecule has 0 aromatic heterocycles. The predicted molar refractivity (Wildman–Crippen MR) is 147 cm³/mol. The molecule has 0 spiro atoms. The summed E-state index contributed by atoms with van der Waals surface area (Å²) < 4.78 is 0. The Kier molecular flexibility index (Phi) is 10.7. The molecule has 0 aromatic rings. The summed E-state index contributed by atoms with van der Waals surface area (Å²) in [4.78, 5) is 43.5. The van der Waals surface area contributed by atoms with E-state index >= 15 is 0 Å². The standard InChI is InChI=1S/C29H54N4O3/c1-9-10-14-18-32(8)25(35)24(29(7)15-12-11-13-16-29)31-26(36)30-22(27(2,3)4)21-33-19-17-28(5,6)20-23(33)34/h22,24H,9-21H2,1-8H3,(H2,30,31,36). The summed E-state index contributed by atoms with van der Waals surface area (Å²) >= 11 is 0. The molecule has 0 radical (unpaired) electrons. The van der Waals surface area contributed by atoms with E-state index in [1.54, 1.807) is 4.90 Å². The van der Waals surface area contributed by atoms with Crippen LogP contribution in [-0.4, -0.2) is 66.4 Å². The van der Waals surface area contributed by atoms with Crippen molar-refractivity contribution in [3.8, 4) is 0 Å². The summed E-state index contributed by atoms with van der Waals surface area (Å²) in [5, 5.41) is 6.28. The molecule has 0 aromatic carbocycles. The minimum Gasteiger partial charge on any atom is -0.344 e. The summed E-state index contributed by atoms with van der Waals surface area (Å²) in [6.07, 6.45) is 9.89. The van der Waals surface area contributed by atoms with Crippen LogP contribution in [0.1, 0.15) is 113 Å². The van der Waals surface area contributed by atoms with E-state index in [1.165, 1.54) is 6.42 Å². The van der Waals surface area contributed by atoms with Gasteiger partial charge in [-0.1, -0.05) is 80.6 Å². The number of hydrogen-bond acceptors (Lipinski definition) is 3. The molecule has 1 aliphatic heterocycles. The lowest BCUT2D eigenvalue weighted by Gasteiger charge is -2.43. The van der Waals surface area contributed by atoms with Crippen LogP contribution in [0.2, 0.25) is 0 Å². The number of piperidine rings is 1. The number of carbonyl (C=O) groups excluding carboxylic acids is 3. The largest absolute Gasteiger partial charge is 0.344 e. The van der Waals surface area contributed by atoms with Crippen molar-refractivity contribution < 1.29 is 14.4 Å². The third-order valence-corrected chi connectivity index (χ3v) is 8.48. The van der Waals surface area contributed by atoms with Crippen LogP contribution >= 0.6 is 0 Å². The molecule has 2 N–H and O–H groups in total. The molecule has 208 valence electrons. The van der Waals surface area contributed by atoms with Gasteiger partial charge in [0.1, 0.15) is 6.04 Å². The molecular weight excluding hydrogens is 452 g/mol. The van der Waals surface area contributed by atoms with E-state index in [1.807, 2.05) is 11.9 Å². The van der Waals surface area contributed by atoms with Crippen molar-refractivity contribution in [1.29, 1.82) is 0 Å². The van der Waals surface area contributed by atoms with Gasteiger partial charge in [-0.15, -0.1) is 0 Å². The van der Waals surface area contributed by atoms with Gasteiger partial charge in [0.2, 0.25) is 11.8 Å². The number of carbonyl (C=O) groups is 3. The second-order valence-electron chi connectivity index (χ2n) is 13.6. The first-order valence-electron chi connectivity index (χ1n) is 14.3. The molecule has 2 fully saturated rings. The topological polar surface area (TPSA) is 81.8 Å². The van der Waals surface area contributed by atoms with Gasteiger partial charge in [0, 0.05) is 33.1 Å². The maximum atomic E-state index is 13.6. The van der Waals surface area contributed by atoms with Gasteiger partial charge in [0.25, 0.3) is 0 Å². The quantitative estimate of drug-likeness (QED) is 0.393. The van der Waals surface area contributed by atoms with E-state index in [0.29, 0.717) is 26.1 Å². The summed E-state index contributed by atoms with van der Waals surface area (Å²) in [6.45, 7) is 16.8. The summed E-state index contributed by atoms with van der Waals surface area (Å²) in [7, 11) is 1.86. The van der Waals surface area contributed by atoms with E-state index in [-0.39, 0.29) is 40.1 Å². The van der Waals surface area contributed by atoms with Crippen LogP contribution in [0.25, 0.3) is 0 Å². The minimum absolute atomic E-state index is 0.00593. The Morgan fingerprint density at radius 3 is 2.22 bits per heavy atom. The number of nitrogens with zero attached hydrogens (tertiary/aromatic N) is 2. The molecule has 7 heteroatoms. The van der Waals surface area contributed by atoms with Crippen molar-refractivity contribution >= 4 is 17.8 Å². The molecule has 2 rings (SSSR count). The Labute approximate surface area is 220 Å². The van der Waals surface area contributed by atoms with E-state index in [9.17, 15) is 14.4 Å². The van der Waals surface area contributed by atoms with Gasteiger partial charge in [-0.05, 0) is 41.9 Å². The average Bonchev–Trinajstić information content (AvgIpc) is 2.77. The van der Waals surface area contributed by atoms with E-state index < -0.39 is 6.04 Å². The summed E-state index contributed by atoms with van der Waals surface area (Å²) in [5.74, 6) is 0.158. The zero-order valence-corrected chi connectivity index (χ0v) is 24.5. The number of rotatable bonds is 10. The van der Waals surface area contributed by atoms with Crippen LogP contribution in [-0.2, 0) is 9.59 Å². The molecule has 1 saturated heterocycles. The van der Waals surface area contributed by atoms with E-state index in [0.717, 1.165) is 51.4 Å². The fraction of sp³-hybridized carbons (Fsp3) is 0.897. The van der Waals surface area contributed by atoms with Gasteiger partial charge in [-0.3, -0.25) is 9.59 Å². The third-order valence-electron chi connectivity index (χ3n) is 8.48. The second kappa shape index (κ2) is 12.6. The number of likely N-dealkylation sites (N-methyl/N-ethyl adjacent to an activating group) is 1. The second-order valence-corrected chi connectivity index (χ2v) is 13.6. The smallest absolute Gasteiger partial charge is 0.315 e. The van der Waals surface area contributed by atoms with Crippen LogP contribution in [0.5, 0.6) is 0 Å². The Morgan fingerprint density at radius 2 is 1.67 bits per heavy atom. The van der Waals surface area contributed by atoms with Crippen molar-refractivity contribution in [2.75, 3.05) is 26.7 Å². The lowest BCUT2D eigenvalue weighted by atomic mass is 9.70. The third kappa shape index (κ3) is 8.65. The molecule has 1 saturated carbocycles. The maximum Gasteiger partial charge on any atom is 0.315 e. The zero-order valence-electron chi connectivity index (χ0n) is 24.5. The number of nitrogens with one attached hydrogen (secondary N) is 2. The Balaban J connectivity index is 2.14. The molecule has 2 aliphatic rings. The highest BCUT2D eigenvalue weighted by molar-refractivity contribution is 5.88. The fourth-order valence-corrected chi connectivity index (χ4v) is 5.56. The highest BCUT2D eigenvalue weighted by atomic mass is 16.2. The van der Waals surface area contributed by atoms with Gasteiger partial charge >= 0.3 is 6.03 Å². The van der Waals surface area contributed by atoms with E-state index in [2.05, 4.69) is 59.1 Å². The SMILES string of the molecule is CCCCCN(C)C(=O)C(NC(=O)NC(CN1CCC(C)(C)CC1=O)C(C)(C)C)C1(C)CCCCC1. The van der Waals surface area contributed by atoms with Crippen LogP contribution in [0.3, 0.4) is 0 Å². The first-order valence-corrected chi connectivity index (χ1v) is 14.3. The highest BCUT2D eigenvalue weighted by Gasteiger charge is 2.43. The zero-order chi connectivity index (χ0) is 27.1. The Hall–Kier alpha value is -1.79. The van der Waals surface area contributed by atoms with Crippen molar-refractivity contribution in [3.05, 3.63) is 0 Å². The number of likely N-dealkylation sites (tertiary alicyclic amines) is 1. The molecule has 36 heavy (non-hydrogen) atoms. The molecule has 2 atom stereocenters. The summed E-state index contributed by atoms with van der Waals surface area (Å²) in [6, 6.07) is -1.09. The van der Waals surface area contributed by atoms with Crippen LogP contribution < -0.4 is 10.6 Å². The molecule has 1 aliphatic carbocycles. The van der Waals surface area contributed by atoms with Gasteiger partial charge in [0.15, 0.2) is 0 Å². The highest BCUT2D eigenvalue weighted by Crippen LogP contribution is 2.39. The van der Waals surface area contributed by atoms with E-state index in [4.69, 9.17) is 0 Å². The van der Waals surface area contributed by atoms with Crippen molar-refractivity contribution in [3.63, 3.8) is 0 Å². The minimum atomic E-state index is -0.553. The van der Waals surface area contributed by atoms with Crippen molar-refractivity contribution in [1.82, 2.24) is 20.4 Å². The van der Waals surface area contributed by atoms with Gasteiger partial charge in [-0.2, -0.15) is 0 Å². The summed E-state index contributed by atoms with van der Waals surface area (Å²) in [5.41, 5.74) is -0.463. The average molecular weight is 507 g/mol. The number of hydrogen-bond donors (Lipinski definition) is 2.